The topological polar surface area (TPSA) is 152 Å². The lowest BCUT2D eigenvalue weighted by Gasteiger charge is -2.41. The number of hydroxylamine groups is 2. The second kappa shape index (κ2) is 17.1. The number of para-hydroxylation sites is 2. The fourth-order valence-corrected chi connectivity index (χ4v) is 6.68. The van der Waals surface area contributed by atoms with E-state index < -0.39 is 20.0 Å². The highest BCUT2D eigenvalue weighted by molar-refractivity contribution is 6.74. The van der Waals surface area contributed by atoms with Crippen LogP contribution in [0, 0.1) is 18.3 Å². The van der Waals surface area contributed by atoms with Gasteiger partial charge in [0, 0.05) is 37.4 Å². The van der Waals surface area contributed by atoms with Gasteiger partial charge in [-0.25, -0.2) is 14.4 Å². The zero-order chi connectivity index (χ0) is 40.0. The SMILES string of the molecule is CCN(O[Si](C)(C)C(C)(C)C)C(=O)C(C)(C)Oc1ccccc1Oc1ccc(Nc2c(C#N)cnn3cc(NC(=O)OCCN4CCOCC4)c(C)c23)cc1. The average molecular weight is 772 g/mol. The van der Waals surface area contributed by atoms with Crippen LogP contribution in [0.3, 0.4) is 0 Å². The number of fused-ring (bicyclic) bond motifs is 1. The Morgan fingerprint density at radius 3 is 2.35 bits per heavy atom. The fraction of sp³-hybridized carbons (Fsp3) is 0.450. The van der Waals surface area contributed by atoms with Crippen molar-refractivity contribution in [1.29, 1.82) is 5.26 Å². The Labute approximate surface area is 324 Å². The van der Waals surface area contributed by atoms with Gasteiger partial charge in [-0.3, -0.25) is 15.0 Å². The lowest BCUT2D eigenvalue weighted by atomic mass is 10.1. The van der Waals surface area contributed by atoms with Crippen molar-refractivity contribution in [3.63, 3.8) is 0 Å². The molecule has 0 unspecified atom stereocenters. The molecule has 14 nitrogen and oxygen atoms in total. The highest BCUT2D eigenvalue weighted by Gasteiger charge is 2.43. The van der Waals surface area contributed by atoms with Gasteiger partial charge in [0.05, 0.1) is 48.1 Å². The monoisotopic (exact) mass is 771 g/mol. The molecule has 4 aromatic rings. The molecular formula is C40H53N7O7Si. The summed E-state index contributed by atoms with van der Waals surface area (Å²) in [6.45, 7) is 22.0. The van der Waals surface area contributed by atoms with Gasteiger partial charge >= 0.3 is 6.09 Å². The van der Waals surface area contributed by atoms with Gasteiger partial charge in [-0.1, -0.05) is 32.9 Å². The maximum atomic E-state index is 13.7. The summed E-state index contributed by atoms with van der Waals surface area (Å²) in [6, 6.07) is 16.6. The van der Waals surface area contributed by atoms with Gasteiger partial charge in [0.15, 0.2) is 17.1 Å². The van der Waals surface area contributed by atoms with Gasteiger partial charge in [-0.15, -0.1) is 0 Å². The number of nitriles is 1. The molecule has 2 aromatic heterocycles. The quantitative estimate of drug-likeness (QED) is 0.0952. The van der Waals surface area contributed by atoms with E-state index in [-0.39, 0.29) is 17.6 Å². The highest BCUT2D eigenvalue weighted by Crippen LogP contribution is 2.39. The number of aryl methyl sites for hydroxylation is 1. The van der Waals surface area contributed by atoms with Crippen molar-refractivity contribution in [3.8, 4) is 23.3 Å². The van der Waals surface area contributed by atoms with E-state index >= 15 is 0 Å². The van der Waals surface area contributed by atoms with Crippen molar-refractivity contribution in [2.45, 2.75) is 72.2 Å². The van der Waals surface area contributed by atoms with E-state index in [9.17, 15) is 14.9 Å². The molecule has 2 aromatic carbocycles. The number of morpholine rings is 1. The molecule has 0 atom stereocenters. The van der Waals surface area contributed by atoms with Gasteiger partial charge in [-0.05, 0) is 82.2 Å². The minimum absolute atomic E-state index is 0.0805. The van der Waals surface area contributed by atoms with Crippen molar-refractivity contribution in [2.24, 2.45) is 0 Å². The molecule has 0 aliphatic carbocycles. The fourth-order valence-electron chi connectivity index (χ4n) is 5.64. The van der Waals surface area contributed by atoms with Crippen molar-refractivity contribution < 1.29 is 33.1 Å². The number of nitrogens with zero attached hydrogens (tertiary/aromatic N) is 5. The van der Waals surface area contributed by atoms with Crippen LogP contribution >= 0.6 is 0 Å². The van der Waals surface area contributed by atoms with Crippen LogP contribution in [0.1, 0.15) is 52.7 Å². The van der Waals surface area contributed by atoms with Crippen LogP contribution in [0.4, 0.5) is 21.9 Å². The number of benzene rings is 2. The molecule has 1 saturated heterocycles. The first kappa shape index (κ1) is 41.0. The van der Waals surface area contributed by atoms with E-state index in [4.69, 9.17) is 23.5 Å². The smallest absolute Gasteiger partial charge is 0.411 e. The molecule has 0 radical (unpaired) electrons. The Bertz CT molecular complexity index is 2010. The molecule has 3 heterocycles. The number of carbonyl (C=O) groups is 2. The second-order valence-corrected chi connectivity index (χ2v) is 20.1. The summed E-state index contributed by atoms with van der Waals surface area (Å²) in [5, 5.41) is 21.9. The number of rotatable bonds is 14. The third-order valence-electron chi connectivity index (χ3n) is 9.90. The van der Waals surface area contributed by atoms with E-state index in [1.807, 2.05) is 38.1 Å². The first-order valence-electron chi connectivity index (χ1n) is 18.5. The van der Waals surface area contributed by atoms with Gasteiger partial charge in [0.1, 0.15) is 18.4 Å². The van der Waals surface area contributed by atoms with Crippen LogP contribution in [0.25, 0.3) is 5.52 Å². The van der Waals surface area contributed by atoms with Crippen LogP contribution in [0.15, 0.2) is 60.9 Å². The normalized spacial score (nSPS) is 13.9. The van der Waals surface area contributed by atoms with E-state index in [1.54, 1.807) is 48.8 Å². The number of hydrogen-bond donors (Lipinski definition) is 2. The van der Waals surface area contributed by atoms with Gasteiger partial charge < -0.3 is 28.8 Å². The molecule has 0 saturated carbocycles. The standard InChI is InChI=1S/C40H53N7O7Si/c1-10-47(54-55(8,9)39(3,4)5)37(48)40(6,7)53-34-14-12-11-13-33(34)52-31-17-15-30(16-18-31)43-35-29(25-41)26-42-46-27-32(28(2)36(35)46)44-38(49)51-24-21-45-19-22-50-23-20-45/h11-18,26-27,43H,10,19-24H2,1-9H3,(H,44,49). The molecule has 1 fully saturated rings. The highest BCUT2D eigenvalue weighted by atomic mass is 28.4. The summed E-state index contributed by atoms with van der Waals surface area (Å²) in [5.74, 6) is 1.08. The predicted molar refractivity (Wildman–Crippen MR) is 213 cm³/mol. The third-order valence-corrected chi connectivity index (χ3v) is 14.2. The van der Waals surface area contributed by atoms with Crippen LogP contribution < -0.4 is 20.1 Å². The van der Waals surface area contributed by atoms with Crippen molar-refractivity contribution in [2.75, 3.05) is 56.6 Å². The van der Waals surface area contributed by atoms with Crippen LogP contribution in [0.2, 0.25) is 18.1 Å². The number of ether oxygens (including phenoxy) is 4. The van der Waals surface area contributed by atoms with Crippen molar-refractivity contribution >= 4 is 42.9 Å². The summed E-state index contributed by atoms with van der Waals surface area (Å²) in [4.78, 5) is 28.6. The maximum Gasteiger partial charge on any atom is 0.411 e. The Balaban J connectivity index is 1.27. The van der Waals surface area contributed by atoms with Gasteiger partial charge in [-0.2, -0.15) is 10.4 Å². The molecule has 294 valence electrons. The van der Waals surface area contributed by atoms with E-state index in [0.29, 0.717) is 77.3 Å². The number of amides is 2. The Hall–Kier alpha value is -5.14. The summed E-state index contributed by atoms with van der Waals surface area (Å²) < 4.78 is 31.4. The first-order chi connectivity index (χ1) is 26.0. The molecule has 1 aliphatic heterocycles. The molecule has 1 aliphatic rings. The van der Waals surface area contributed by atoms with Crippen LogP contribution in [0.5, 0.6) is 17.2 Å². The summed E-state index contributed by atoms with van der Waals surface area (Å²) >= 11 is 0. The Morgan fingerprint density at radius 2 is 1.71 bits per heavy atom. The van der Waals surface area contributed by atoms with Crippen molar-refractivity contribution in [1.82, 2.24) is 19.6 Å². The molecule has 55 heavy (non-hydrogen) atoms. The van der Waals surface area contributed by atoms with Crippen LogP contribution in [-0.4, -0.2) is 91.5 Å². The molecule has 0 spiro atoms. The molecule has 0 bridgehead atoms. The van der Waals surface area contributed by atoms with Crippen molar-refractivity contribution in [3.05, 3.63) is 72.1 Å². The Morgan fingerprint density at radius 1 is 1.04 bits per heavy atom. The largest absolute Gasteiger partial charge is 0.474 e. The van der Waals surface area contributed by atoms with Crippen LogP contribution in [-0.2, 0) is 18.8 Å². The average Bonchev–Trinajstić information content (AvgIpc) is 3.46. The molecular weight excluding hydrogens is 719 g/mol. The molecule has 15 heteroatoms. The Kier molecular flexibility index (Phi) is 12.8. The number of aromatic nitrogens is 2. The van der Waals surface area contributed by atoms with E-state index in [1.165, 1.54) is 11.3 Å². The minimum atomic E-state index is -2.27. The maximum absolute atomic E-state index is 13.7. The summed E-state index contributed by atoms with van der Waals surface area (Å²) in [5.41, 5.74) is 2.14. The van der Waals surface area contributed by atoms with E-state index in [2.05, 4.69) is 60.6 Å². The number of hydrogen-bond acceptors (Lipinski definition) is 11. The third kappa shape index (κ3) is 9.94. The number of anilines is 3. The first-order valence-corrected chi connectivity index (χ1v) is 21.4. The number of likely N-dealkylation sites (N-methyl/N-ethyl adjacent to an activating group) is 1. The molecule has 2 N–H and O–H groups in total. The zero-order valence-corrected chi connectivity index (χ0v) is 34.3. The van der Waals surface area contributed by atoms with E-state index in [0.717, 1.165) is 13.1 Å². The lowest BCUT2D eigenvalue weighted by Crippen LogP contribution is -2.54. The second-order valence-electron chi connectivity index (χ2n) is 15.4. The summed E-state index contributed by atoms with van der Waals surface area (Å²) in [7, 11) is -2.27. The summed E-state index contributed by atoms with van der Waals surface area (Å²) in [6.07, 6.45) is 2.59. The zero-order valence-electron chi connectivity index (χ0n) is 33.3. The number of carbonyl (C=O) groups excluding carboxylic acids is 2. The predicted octanol–water partition coefficient (Wildman–Crippen LogP) is 7.87. The number of nitrogens with one attached hydrogen (secondary N) is 2. The molecule has 2 amide bonds. The minimum Gasteiger partial charge on any atom is -0.474 e. The lowest BCUT2D eigenvalue weighted by molar-refractivity contribution is -0.174. The van der Waals surface area contributed by atoms with Gasteiger partial charge in [0.25, 0.3) is 5.91 Å². The van der Waals surface area contributed by atoms with Gasteiger partial charge in [0.2, 0.25) is 8.32 Å². The molecule has 5 rings (SSSR count).